The lowest BCUT2D eigenvalue weighted by Gasteiger charge is -2.18. The van der Waals surface area contributed by atoms with Crippen molar-refractivity contribution in [1.82, 2.24) is 9.88 Å². The first kappa shape index (κ1) is 15.1. The number of carboxylic acids is 1. The van der Waals surface area contributed by atoms with Gasteiger partial charge in [-0.3, -0.25) is 9.59 Å². The van der Waals surface area contributed by atoms with Crippen LogP contribution in [0.15, 0.2) is 16.7 Å². The van der Waals surface area contributed by atoms with Gasteiger partial charge >= 0.3 is 5.97 Å². The normalized spacial score (nSPS) is 21.9. The number of hydrogen-bond donors (Lipinski definition) is 2. The van der Waals surface area contributed by atoms with Crippen LogP contribution in [-0.2, 0) is 11.3 Å². The first-order valence-corrected chi connectivity index (χ1v) is 7.71. The number of rotatable bonds is 5. The Hall–Kier alpha value is -1.30. The number of carbonyl (C=O) groups excluding carboxylic acids is 1. The Labute approximate surface area is 126 Å². The molecule has 1 fully saturated rings. The average molecular weight is 343 g/mol. The molecule has 1 aliphatic carbocycles. The number of aryl methyl sites for hydroxylation is 1. The van der Waals surface area contributed by atoms with Crippen molar-refractivity contribution in [3.8, 4) is 0 Å². The zero-order valence-electron chi connectivity index (χ0n) is 11.4. The molecular weight excluding hydrogens is 324 g/mol. The molecule has 0 bridgehead atoms. The third-order valence-electron chi connectivity index (χ3n) is 3.71. The van der Waals surface area contributed by atoms with Crippen LogP contribution in [0, 0.1) is 5.92 Å². The molecule has 1 aromatic heterocycles. The molecule has 1 aromatic rings. The molecule has 0 radical (unpaired) electrons. The average Bonchev–Trinajstić information content (AvgIpc) is 2.96. The van der Waals surface area contributed by atoms with E-state index in [9.17, 15) is 9.59 Å². The van der Waals surface area contributed by atoms with Crippen LogP contribution in [-0.4, -0.2) is 27.6 Å². The van der Waals surface area contributed by atoms with Crippen LogP contribution < -0.4 is 5.32 Å². The Morgan fingerprint density at radius 1 is 1.50 bits per heavy atom. The molecule has 1 saturated carbocycles. The van der Waals surface area contributed by atoms with Crippen molar-refractivity contribution < 1.29 is 14.7 Å². The smallest absolute Gasteiger partial charge is 0.308 e. The molecule has 1 amide bonds. The van der Waals surface area contributed by atoms with Gasteiger partial charge in [-0.15, -0.1) is 0 Å². The van der Waals surface area contributed by atoms with Gasteiger partial charge in [-0.05, 0) is 41.3 Å². The number of amides is 1. The first-order valence-electron chi connectivity index (χ1n) is 6.92. The summed E-state index contributed by atoms with van der Waals surface area (Å²) >= 11 is 3.37. The highest BCUT2D eigenvalue weighted by atomic mass is 79.9. The van der Waals surface area contributed by atoms with Crippen molar-refractivity contribution >= 4 is 27.8 Å². The van der Waals surface area contributed by atoms with E-state index < -0.39 is 11.9 Å². The lowest BCUT2D eigenvalue weighted by atomic mass is 10.0. The lowest BCUT2D eigenvalue weighted by Crippen LogP contribution is -2.40. The van der Waals surface area contributed by atoms with Crippen LogP contribution in [0.5, 0.6) is 0 Å². The van der Waals surface area contributed by atoms with Crippen molar-refractivity contribution in [2.75, 3.05) is 0 Å². The summed E-state index contributed by atoms with van der Waals surface area (Å²) < 4.78 is 2.75. The van der Waals surface area contributed by atoms with Gasteiger partial charge in [-0.25, -0.2) is 0 Å². The van der Waals surface area contributed by atoms with Gasteiger partial charge in [0.15, 0.2) is 0 Å². The second-order valence-electron chi connectivity index (χ2n) is 5.19. The Bertz CT molecular complexity index is 513. The second-order valence-corrected chi connectivity index (χ2v) is 6.11. The summed E-state index contributed by atoms with van der Waals surface area (Å²) in [5, 5.41) is 12.0. The van der Waals surface area contributed by atoms with Crippen molar-refractivity contribution in [2.45, 2.75) is 45.2 Å². The molecule has 110 valence electrons. The molecule has 2 unspecified atom stereocenters. The maximum absolute atomic E-state index is 12.3. The number of nitrogens with zero attached hydrogens (tertiary/aromatic N) is 1. The molecule has 1 heterocycles. The van der Waals surface area contributed by atoms with Crippen LogP contribution in [0.4, 0.5) is 0 Å². The number of halogens is 1. The topological polar surface area (TPSA) is 71.3 Å². The van der Waals surface area contributed by atoms with Gasteiger partial charge in [-0.1, -0.05) is 13.3 Å². The van der Waals surface area contributed by atoms with E-state index >= 15 is 0 Å². The van der Waals surface area contributed by atoms with Crippen molar-refractivity contribution in [1.29, 1.82) is 0 Å². The summed E-state index contributed by atoms with van der Waals surface area (Å²) in [6.07, 6.45) is 5.03. The minimum Gasteiger partial charge on any atom is -0.481 e. The summed E-state index contributed by atoms with van der Waals surface area (Å²) in [6, 6.07) is 1.51. The monoisotopic (exact) mass is 342 g/mol. The van der Waals surface area contributed by atoms with Gasteiger partial charge in [0.25, 0.3) is 5.91 Å². The van der Waals surface area contributed by atoms with E-state index in [-0.39, 0.29) is 11.9 Å². The summed E-state index contributed by atoms with van der Waals surface area (Å²) in [5.41, 5.74) is 0.578. The van der Waals surface area contributed by atoms with E-state index in [1.54, 1.807) is 6.07 Å². The fourth-order valence-electron chi connectivity index (χ4n) is 2.76. The number of carbonyl (C=O) groups is 2. The van der Waals surface area contributed by atoms with Gasteiger partial charge in [0.2, 0.25) is 0 Å². The lowest BCUT2D eigenvalue weighted by molar-refractivity contribution is -0.142. The predicted molar refractivity (Wildman–Crippen MR) is 78.7 cm³/mol. The third kappa shape index (κ3) is 3.23. The van der Waals surface area contributed by atoms with Gasteiger partial charge in [0.1, 0.15) is 5.69 Å². The van der Waals surface area contributed by atoms with Crippen molar-refractivity contribution in [3.63, 3.8) is 0 Å². The molecule has 0 saturated heterocycles. The highest BCUT2D eigenvalue weighted by Crippen LogP contribution is 2.26. The quantitative estimate of drug-likeness (QED) is 0.863. The maximum Gasteiger partial charge on any atom is 0.308 e. The summed E-state index contributed by atoms with van der Waals surface area (Å²) in [4.78, 5) is 23.5. The van der Waals surface area contributed by atoms with Gasteiger partial charge in [-0.2, -0.15) is 0 Å². The number of carboxylic acid groups (broad SMARTS) is 1. The van der Waals surface area contributed by atoms with Crippen LogP contribution in [0.2, 0.25) is 0 Å². The van der Waals surface area contributed by atoms with Crippen LogP contribution in [0.1, 0.15) is 43.1 Å². The summed E-state index contributed by atoms with van der Waals surface area (Å²) in [6.45, 7) is 2.81. The molecule has 1 aliphatic rings. The second kappa shape index (κ2) is 6.43. The molecule has 0 aromatic carbocycles. The van der Waals surface area contributed by atoms with Crippen molar-refractivity contribution in [3.05, 3.63) is 22.4 Å². The Kier molecular flexibility index (Phi) is 4.86. The Morgan fingerprint density at radius 3 is 2.90 bits per heavy atom. The van der Waals surface area contributed by atoms with Crippen LogP contribution in [0.25, 0.3) is 0 Å². The molecule has 2 N–H and O–H groups in total. The molecule has 0 aliphatic heterocycles. The SMILES string of the molecule is CCCn1cc(Br)cc1C(=O)NC1CCCC1C(=O)O. The van der Waals surface area contributed by atoms with Gasteiger partial charge in [0.05, 0.1) is 5.92 Å². The highest BCUT2D eigenvalue weighted by Gasteiger charge is 2.34. The van der Waals surface area contributed by atoms with Crippen LogP contribution >= 0.6 is 15.9 Å². The van der Waals surface area contributed by atoms with Crippen LogP contribution in [0.3, 0.4) is 0 Å². The zero-order chi connectivity index (χ0) is 14.7. The zero-order valence-corrected chi connectivity index (χ0v) is 13.0. The number of hydrogen-bond acceptors (Lipinski definition) is 2. The fourth-order valence-corrected chi connectivity index (χ4v) is 3.23. The van der Waals surface area contributed by atoms with E-state index in [1.807, 2.05) is 17.7 Å². The molecule has 6 heteroatoms. The Balaban J connectivity index is 2.10. The fraction of sp³-hybridized carbons (Fsp3) is 0.571. The third-order valence-corrected chi connectivity index (χ3v) is 4.14. The highest BCUT2D eigenvalue weighted by molar-refractivity contribution is 9.10. The standard InChI is InChI=1S/C14H19BrN2O3/c1-2-6-17-8-9(15)7-12(17)13(18)16-11-5-3-4-10(11)14(19)20/h7-8,10-11H,2-6H2,1H3,(H,16,18)(H,19,20). The molecule has 5 nitrogen and oxygen atoms in total. The molecule has 2 rings (SSSR count). The number of aromatic nitrogens is 1. The predicted octanol–water partition coefficient (Wildman–Crippen LogP) is 2.64. The largest absolute Gasteiger partial charge is 0.481 e. The minimum atomic E-state index is -0.821. The van der Waals surface area contributed by atoms with E-state index in [2.05, 4.69) is 21.2 Å². The number of nitrogens with one attached hydrogen (secondary N) is 1. The van der Waals surface area contributed by atoms with E-state index in [1.165, 1.54) is 0 Å². The number of aliphatic carboxylic acids is 1. The molecular formula is C14H19BrN2O3. The summed E-state index contributed by atoms with van der Waals surface area (Å²) in [7, 11) is 0. The van der Waals surface area contributed by atoms with Crippen molar-refractivity contribution in [2.24, 2.45) is 5.92 Å². The summed E-state index contributed by atoms with van der Waals surface area (Å²) in [5.74, 6) is -1.47. The Morgan fingerprint density at radius 2 is 2.25 bits per heavy atom. The molecule has 0 spiro atoms. The van der Waals surface area contributed by atoms with Gasteiger partial charge in [0, 0.05) is 23.3 Å². The molecule has 2 atom stereocenters. The minimum absolute atomic E-state index is 0.192. The maximum atomic E-state index is 12.3. The molecule has 20 heavy (non-hydrogen) atoms. The van der Waals surface area contributed by atoms with E-state index in [4.69, 9.17) is 5.11 Å². The van der Waals surface area contributed by atoms with E-state index in [0.29, 0.717) is 12.1 Å². The van der Waals surface area contributed by atoms with E-state index in [0.717, 1.165) is 30.3 Å². The first-order chi connectivity index (χ1) is 9.52. The van der Waals surface area contributed by atoms with Gasteiger partial charge < -0.3 is 15.0 Å².